The second-order valence-corrected chi connectivity index (χ2v) is 5.47. The maximum Gasteiger partial charge on any atom is 0.343 e. The van der Waals surface area contributed by atoms with Crippen molar-refractivity contribution in [3.05, 3.63) is 46.9 Å². The molecule has 1 aliphatic heterocycles. The highest BCUT2D eigenvalue weighted by atomic mass is 35.5. The fourth-order valence-corrected chi connectivity index (χ4v) is 2.91. The number of carbonyl (C=O) groups is 1. The Morgan fingerprint density at radius 1 is 1.48 bits per heavy atom. The second kappa shape index (κ2) is 6.52. The van der Waals surface area contributed by atoms with E-state index in [1.165, 1.54) is 6.20 Å². The molecule has 1 atom stereocenters. The van der Waals surface area contributed by atoms with Gasteiger partial charge in [0.25, 0.3) is 0 Å². The van der Waals surface area contributed by atoms with E-state index in [0.29, 0.717) is 12.2 Å². The largest absolute Gasteiger partial charge is 0.462 e. The molecule has 1 aromatic carbocycles. The Morgan fingerprint density at radius 3 is 3.00 bits per heavy atom. The van der Waals surface area contributed by atoms with Crippen molar-refractivity contribution in [1.29, 1.82) is 0 Å². The zero-order valence-electron chi connectivity index (χ0n) is 12.6. The first kappa shape index (κ1) is 15.7. The zero-order valence-corrected chi connectivity index (χ0v) is 13.3. The van der Waals surface area contributed by atoms with Crippen LogP contribution >= 0.6 is 11.6 Å². The molecule has 2 aromatic rings. The van der Waals surface area contributed by atoms with E-state index in [0.717, 1.165) is 11.3 Å². The normalized spacial score (nSPS) is 16.3. The van der Waals surface area contributed by atoms with E-state index < -0.39 is 5.97 Å². The van der Waals surface area contributed by atoms with Crippen molar-refractivity contribution in [1.82, 2.24) is 9.97 Å². The number of esters is 1. The first-order chi connectivity index (χ1) is 11.2. The molecule has 120 valence electrons. The molecule has 23 heavy (non-hydrogen) atoms. The van der Waals surface area contributed by atoms with Gasteiger partial charge < -0.3 is 14.7 Å². The van der Waals surface area contributed by atoms with Crippen LogP contribution in [-0.4, -0.2) is 40.3 Å². The summed E-state index contributed by atoms with van der Waals surface area (Å²) in [6.07, 6.45) is 2.02. The van der Waals surface area contributed by atoms with E-state index in [4.69, 9.17) is 16.3 Å². The van der Waals surface area contributed by atoms with E-state index in [-0.39, 0.29) is 30.1 Å². The first-order valence-electron chi connectivity index (χ1n) is 7.33. The van der Waals surface area contributed by atoms with Gasteiger partial charge >= 0.3 is 5.97 Å². The Morgan fingerprint density at radius 2 is 2.26 bits per heavy atom. The van der Waals surface area contributed by atoms with Gasteiger partial charge in [0.2, 0.25) is 5.28 Å². The summed E-state index contributed by atoms with van der Waals surface area (Å²) in [5, 5.41) is 9.77. The molecule has 0 radical (unpaired) electrons. The highest BCUT2D eigenvalue weighted by Gasteiger charge is 2.33. The highest BCUT2D eigenvalue weighted by Crippen LogP contribution is 2.39. The molecule has 0 saturated heterocycles. The molecule has 0 aliphatic carbocycles. The van der Waals surface area contributed by atoms with Gasteiger partial charge in [-0.15, -0.1) is 0 Å². The minimum Gasteiger partial charge on any atom is -0.462 e. The lowest BCUT2D eigenvalue weighted by Crippen LogP contribution is -2.33. The highest BCUT2D eigenvalue weighted by molar-refractivity contribution is 6.28. The van der Waals surface area contributed by atoms with Crippen LogP contribution in [0.3, 0.4) is 0 Å². The number of hydrogen-bond donors (Lipinski definition) is 1. The fourth-order valence-electron chi connectivity index (χ4n) is 2.78. The van der Waals surface area contributed by atoms with Crippen LogP contribution in [0.4, 0.5) is 11.5 Å². The van der Waals surface area contributed by atoms with Crippen LogP contribution in [0.5, 0.6) is 0 Å². The van der Waals surface area contributed by atoms with Crippen molar-refractivity contribution in [2.75, 3.05) is 18.1 Å². The number of aromatic nitrogens is 2. The lowest BCUT2D eigenvalue weighted by atomic mass is 10.1. The van der Waals surface area contributed by atoms with Crippen molar-refractivity contribution in [3.8, 4) is 0 Å². The van der Waals surface area contributed by atoms with Crippen molar-refractivity contribution in [2.45, 2.75) is 19.4 Å². The minimum absolute atomic E-state index is 0.0362. The van der Waals surface area contributed by atoms with E-state index in [2.05, 4.69) is 9.97 Å². The quantitative estimate of drug-likeness (QED) is 0.684. The molecule has 3 rings (SSSR count). The number of anilines is 2. The molecule has 0 spiro atoms. The lowest BCUT2D eigenvalue weighted by molar-refractivity contribution is 0.0526. The minimum atomic E-state index is -0.514. The number of hydrogen-bond acceptors (Lipinski definition) is 6. The summed E-state index contributed by atoms with van der Waals surface area (Å²) in [4.78, 5) is 22.1. The number of halogens is 1. The maximum atomic E-state index is 12.2. The number of fused-ring (bicyclic) bond motifs is 1. The predicted molar refractivity (Wildman–Crippen MR) is 86.2 cm³/mol. The Hall–Kier alpha value is -2.18. The summed E-state index contributed by atoms with van der Waals surface area (Å²) in [5.74, 6) is -0.160. The van der Waals surface area contributed by atoms with Crippen LogP contribution < -0.4 is 4.90 Å². The number of ether oxygens (including phenoxy) is 1. The van der Waals surface area contributed by atoms with Gasteiger partial charge in [0, 0.05) is 11.9 Å². The third kappa shape index (κ3) is 2.87. The molecular weight excluding hydrogens is 318 g/mol. The number of benzene rings is 1. The van der Waals surface area contributed by atoms with Gasteiger partial charge in [-0.3, -0.25) is 0 Å². The van der Waals surface area contributed by atoms with Crippen molar-refractivity contribution >= 4 is 29.1 Å². The van der Waals surface area contributed by atoms with Crippen LogP contribution in [0.1, 0.15) is 22.8 Å². The number of aliphatic hydroxyl groups excluding tert-OH is 1. The van der Waals surface area contributed by atoms with Crippen LogP contribution in [0.15, 0.2) is 30.5 Å². The summed E-state index contributed by atoms with van der Waals surface area (Å²) < 4.78 is 5.07. The first-order valence-corrected chi connectivity index (χ1v) is 7.71. The van der Waals surface area contributed by atoms with Crippen LogP contribution in [-0.2, 0) is 11.2 Å². The summed E-state index contributed by atoms with van der Waals surface area (Å²) in [6, 6.07) is 7.54. The number of aliphatic hydroxyl groups is 1. The molecule has 1 aromatic heterocycles. The van der Waals surface area contributed by atoms with Crippen LogP contribution in [0.25, 0.3) is 0 Å². The average molecular weight is 334 g/mol. The number of nitrogens with zero attached hydrogens (tertiary/aromatic N) is 3. The summed E-state index contributed by atoms with van der Waals surface area (Å²) in [5.41, 5.74) is 2.20. The molecule has 7 heteroatoms. The van der Waals surface area contributed by atoms with E-state index in [9.17, 15) is 9.90 Å². The molecule has 6 nitrogen and oxygen atoms in total. The zero-order chi connectivity index (χ0) is 16.4. The number of rotatable bonds is 4. The molecular formula is C16H16ClN3O3. The van der Waals surface area contributed by atoms with Crippen molar-refractivity contribution in [3.63, 3.8) is 0 Å². The van der Waals surface area contributed by atoms with Gasteiger partial charge in [-0.2, -0.15) is 4.98 Å². The predicted octanol–water partition coefficient (Wildman–Crippen LogP) is 2.36. The molecule has 0 saturated carbocycles. The van der Waals surface area contributed by atoms with Crippen molar-refractivity contribution in [2.24, 2.45) is 0 Å². The summed E-state index contributed by atoms with van der Waals surface area (Å²) in [6.45, 7) is 1.91. The van der Waals surface area contributed by atoms with E-state index in [1.54, 1.807) is 6.92 Å². The number of carbonyl (C=O) groups excluding carboxylic acids is 1. The smallest absolute Gasteiger partial charge is 0.343 e. The van der Waals surface area contributed by atoms with Gasteiger partial charge in [0.1, 0.15) is 5.56 Å². The molecule has 1 N–H and O–H groups in total. The standard InChI is InChI=1S/C16H16ClN3O3/c1-2-23-15(22)12-8-18-16(17)19-14(12)20-11(9-21)7-10-5-3-4-6-13(10)20/h3-6,8,11,21H,2,7,9H2,1H3. The molecule has 0 fully saturated rings. The fraction of sp³-hybridized carbons (Fsp3) is 0.312. The SMILES string of the molecule is CCOC(=O)c1cnc(Cl)nc1N1c2ccccc2CC1CO. The van der Waals surface area contributed by atoms with E-state index >= 15 is 0 Å². The molecule has 0 amide bonds. The Labute approximate surface area is 138 Å². The summed E-state index contributed by atoms with van der Waals surface area (Å²) in [7, 11) is 0. The lowest BCUT2D eigenvalue weighted by Gasteiger charge is -2.26. The van der Waals surface area contributed by atoms with Gasteiger partial charge in [-0.1, -0.05) is 18.2 Å². The molecule has 2 heterocycles. The monoisotopic (exact) mass is 333 g/mol. The Bertz CT molecular complexity index is 738. The van der Waals surface area contributed by atoms with Crippen LogP contribution in [0, 0.1) is 0 Å². The maximum absolute atomic E-state index is 12.2. The Balaban J connectivity index is 2.13. The Kier molecular flexibility index (Phi) is 4.45. The average Bonchev–Trinajstić information content (AvgIpc) is 2.93. The van der Waals surface area contributed by atoms with Crippen molar-refractivity contribution < 1.29 is 14.6 Å². The van der Waals surface area contributed by atoms with Gasteiger partial charge in [0.15, 0.2) is 5.82 Å². The second-order valence-electron chi connectivity index (χ2n) is 5.14. The topological polar surface area (TPSA) is 75.5 Å². The van der Waals surface area contributed by atoms with Gasteiger partial charge in [-0.25, -0.2) is 9.78 Å². The van der Waals surface area contributed by atoms with Gasteiger partial charge in [-0.05, 0) is 36.6 Å². The molecule has 1 aliphatic rings. The number of para-hydroxylation sites is 1. The molecule has 0 bridgehead atoms. The van der Waals surface area contributed by atoms with Gasteiger partial charge in [0.05, 0.1) is 19.3 Å². The van der Waals surface area contributed by atoms with Crippen LogP contribution in [0.2, 0.25) is 5.28 Å². The van der Waals surface area contributed by atoms with E-state index in [1.807, 2.05) is 29.2 Å². The third-order valence-electron chi connectivity index (χ3n) is 3.75. The molecule has 1 unspecified atom stereocenters. The third-order valence-corrected chi connectivity index (χ3v) is 3.93. The summed E-state index contributed by atoms with van der Waals surface area (Å²) >= 11 is 5.93.